The highest BCUT2D eigenvalue weighted by atomic mass is 32.1. The standard InChI is InChI=1S/C20H18N2O4S/c1-13-21-16(12-27-13)11-26-18-6-4-3-5-17(18)19(23)22-15-9-7-14(8-10-15)20(24)25-2/h3-10,12H,11H2,1-2H3,(H,22,23). The van der Waals surface area contributed by atoms with Crippen molar-refractivity contribution in [2.75, 3.05) is 12.4 Å². The Bertz CT molecular complexity index is 951. The molecule has 6 nitrogen and oxygen atoms in total. The van der Waals surface area contributed by atoms with Gasteiger partial charge in [0.05, 0.1) is 28.9 Å². The molecule has 3 rings (SSSR count). The van der Waals surface area contributed by atoms with E-state index in [0.717, 1.165) is 10.7 Å². The maximum Gasteiger partial charge on any atom is 0.337 e. The summed E-state index contributed by atoms with van der Waals surface area (Å²) in [5, 5.41) is 5.70. The molecule has 0 aliphatic carbocycles. The van der Waals surface area contributed by atoms with Crippen molar-refractivity contribution in [2.45, 2.75) is 13.5 Å². The molecule has 27 heavy (non-hydrogen) atoms. The maximum absolute atomic E-state index is 12.6. The van der Waals surface area contributed by atoms with E-state index in [0.29, 0.717) is 29.2 Å². The molecule has 0 radical (unpaired) electrons. The fourth-order valence-corrected chi connectivity index (χ4v) is 3.01. The van der Waals surface area contributed by atoms with Crippen LogP contribution in [0.15, 0.2) is 53.9 Å². The molecule has 7 heteroatoms. The number of aromatic nitrogens is 1. The number of hydrogen-bond donors (Lipinski definition) is 1. The van der Waals surface area contributed by atoms with Crippen molar-refractivity contribution in [1.82, 2.24) is 4.98 Å². The van der Waals surface area contributed by atoms with Gasteiger partial charge in [-0.25, -0.2) is 9.78 Å². The highest BCUT2D eigenvalue weighted by molar-refractivity contribution is 7.09. The number of nitrogens with zero attached hydrogens (tertiary/aromatic N) is 1. The van der Waals surface area contributed by atoms with Gasteiger partial charge in [0.1, 0.15) is 12.4 Å². The van der Waals surface area contributed by atoms with Crippen LogP contribution in [0.4, 0.5) is 5.69 Å². The normalized spacial score (nSPS) is 10.3. The number of hydrogen-bond acceptors (Lipinski definition) is 6. The first-order valence-electron chi connectivity index (χ1n) is 8.19. The lowest BCUT2D eigenvalue weighted by Crippen LogP contribution is -2.14. The van der Waals surface area contributed by atoms with Crippen LogP contribution in [0.1, 0.15) is 31.4 Å². The first kappa shape index (κ1) is 18.6. The van der Waals surface area contributed by atoms with Crippen LogP contribution in [0, 0.1) is 6.92 Å². The van der Waals surface area contributed by atoms with E-state index in [9.17, 15) is 9.59 Å². The molecular weight excluding hydrogens is 364 g/mol. The van der Waals surface area contributed by atoms with E-state index < -0.39 is 5.97 Å². The van der Waals surface area contributed by atoms with Crippen LogP contribution in [0.5, 0.6) is 5.75 Å². The third-order valence-electron chi connectivity index (χ3n) is 3.74. The molecule has 1 N–H and O–H groups in total. The number of carbonyl (C=O) groups is 2. The summed E-state index contributed by atoms with van der Waals surface area (Å²) in [5.41, 5.74) is 2.22. The van der Waals surface area contributed by atoms with Gasteiger partial charge in [-0.2, -0.15) is 0 Å². The van der Waals surface area contributed by atoms with E-state index in [-0.39, 0.29) is 5.91 Å². The largest absolute Gasteiger partial charge is 0.486 e. The van der Waals surface area contributed by atoms with Crippen LogP contribution in [0.3, 0.4) is 0 Å². The lowest BCUT2D eigenvalue weighted by molar-refractivity contribution is 0.0600. The number of esters is 1. The van der Waals surface area contributed by atoms with Gasteiger partial charge in [0.25, 0.3) is 5.91 Å². The van der Waals surface area contributed by atoms with Crippen LogP contribution in [0.2, 0.25) is 0 Å². The Morgan fingerprint density at radius 1 is 1.11 bits per heavy atom. The number of rotatable bonds is 6. The summed E-state index contributed by atoms with van der Waals surface area (Å²) in [6.45, 7) is 2.23. The second kappa shape index (κ2) is 8.46. The Hall–Kier alpha value is -3.19. The monoisotopic (exact) mass is 382 g/mol. The lowest BCUT2D eigenvalue weighted by Gasteiger charge is -2.11. The van der Waals surface area contributed by atoms with Gasteiger partial charge in [-0.3, -0.25) is 4.79 Å². The Balaban J connectivity index is 1.70. The second-order valence-corrected chi connectivity index (χ2v) is 6.73. The fraction of sp³-hybridized carbons (Fsp3) is 0.150. The van der Waals surface area contributed by atoms with Crippen LogP contribution in [0.25, 0.3) is 0 Å². The lowest BCUT2D eigenvalue weighted by atomic mass is 10.1. The number of benzene rings is 2. The van der Waals surface area contributed by atoms with E-state index in [1.54, 1.807) is 53.8 Å². The van der Waals surface area contributed by atoms with Crippen molar-refractivity contribution >= 4 is 28.9 Å². The van der Waals surface area contributed by atoms with E-state index in [4.69, 9.17) is 4.74 Å². The van der Waals surface area contributed by atoms with Crippen LogP contribution < -0.4 is 10.1 Å². The quantitative estimate of drug-likeness (QED) is 0.650. The predicted octanol–water partition coefficient (Wildman–Crippen LogP) is 4.07. The van der Waals surface area contributed by atoms with Crippen LogP contribution in [-0.2, 0) is 11.3 Å². The molecule has 0 unspecified atom stereocenters. The third-order valence-corrected chi connectivity index (χ3v) is 4.56. The van der Waals surface area contributed by atoms with Gasteiger partial charge in [-0.1, -0.05) is 12.1 Å². The summed E-state index contributed by atoms with van der Waals surface area (Å²) >= 11 is 1.55. The van der Waals surface area contributed by atoms with E-state index in [2.05, 4.69) is 15.0 Å². The number of anilines is 1. The van der Waals surface area contributed by atoms with Crippen molar-refractivity contribution in [3.8, 4) is 5.75 Å². The SMILES string of the molecule is COC(=O)c1ccc(NC(=O)c2ccccc2OCc2csc(C)n2)cc1. The van der Waals surface area contributed by atoms with Crippen molar-refractivity contribution in [1.29, 1.82) is 0 Å². The Morgan fingerprint density at radius 2 is 1.85 bits per heavy atom. The number of nitrogens with one attached hydrogen (secondary N) is 1. The minimum Gasteiger partial charge on any atom is -0.486 e. The molecule has 0 aliphatic heterocycles. The average Bonchev–Trinajstić information content (AvgIpc) is 3.11. The molecule has 138 valence electrons. The summed E-state index contributed by atoms with van der Waals surface area (Å²) in [4.78, 5) is 28.5. The Labute approximate surface area is 160 Å². The second-order valence-electron chi connectivity index (χ2n) is 5.67. The van der Waals surface area contributed by atoms with Gasteiger partial charge in [0, 0.05) is 11.1 Å². The smallest absolute Gasteiger partial charge is 0.337 e. The summed E-state index contributed by atoms with van der Waals surface area (Å²) in [6, 6.07) is 13.5. The molecular formula is C20H18N2O4S. The molecule has 0 saturated carbocycles. The fourth-order valence-electron chi connectivity index (χ4n) is 2.41. The number of thiazole rings is 1. The molecule has 2 aromatic carbocycles. The van der Waals surface area contributed by atoms with Gasteiger partial charge in [-0.15, -0.1) is 11.3 Å². The highest BCUT2D eigenvalue weighted by Gasteiger charge is 2.13. The van der Waals surface area contributed by atoms with Crippen LogP contribution in [-0.4, -0.2) is 24.0 Å². The number of amides is 1. The molecule has 0 spiro atoms. The molecule has 1 aromatic heterocycles. The first-order chi connectivity index (χ1) is 13.1. The summed E-state index contributed by atoms with van der Waals surface area (Å²) in [5.74, 6) is -0.249. The van der Waals surface area contributed by atoms with Gasteiger partial charge >= 0.3 is 5.97 Å². The summed E-state index contributed by atoms with van der Waals surface area (Å²) < 4.78 is 10.4. The third kappa shape index (κ3) is 4.71. The zero-order valence-electron chi connectivity index (χ0n) is 14.9. The molecule has 0 aliphatic rings. The molecule has 1 heterocycles. The van der Waals surface area contributed by atoms with E-state index in [1.165, 1.54) is 7.11 Å². The summed E-state index contributed by atoms with van der Waals surface area (Å²) in [6.07, 6.45) is 0. The van der Waals surface area contributed by atoms with Crippen molar-refractivity contribution in [3.63, 3.8) is 0 Å². The van der Waals surface area contributed by atoms with E-state index >= 15 is 0 Å². The average molecular weight is 382 g/mol. The minimum absolute atomic E-state index is 0.294. The number of para-hydroxylation sites is 1. The maximum atomic E-state index is 12.6. The minimum atomic E-state index is -0.427. The Morgan fingerprint density at radius 3 is 2.52 bits per heavy atom. The van der Waals surface area contributed by atoms with Gasteiger partial charge in [0.2, 0.25) is 0 Å². The van der Waals surface area contributed by atoms with Gasteiger partial charge < -0.3 is 14.8 Å². The van der Waals surface area contributed by atoms with Crippen molar-refractivity contribution in [3.05, 3.63) is 75.7 Å². The number of ether oxygens (including phenoxy) is 2. The molecule has 0 saturated heterocycles. The zero-order valence-corrected chi connectivity index (χ0v) is 15.7. The Kier molecular flexibility index (Phi) is 5.83. The first-order valence-corrected chi connectivity index (χ1v) is 9.07. The highest BCUT2D eigenvalue weighted by Crippen LogP contribution is 2.21. The predicted molar refractivity (Wildman–Crippen MR) is 103 cm³/mol. The molecule has 0 fully saturated rings. The number of aryl methyl sites for hydroxylation is 1. The van der Waals surface area contributed by atoms with Crippen LogP contribution >= 0.6 is 11.3 Å². The van der Waals surface area contributed by atoms with Crippen molar-refractivity contribution < 1.29 is 19.1 Å². The molecule has 3 aromatic rings. The van der Waals surface area contributed by atoms with E-state index in [1.807, 2.05) is 18.4 Å². The molecule has 0 atom stereocenters. The molecule has 0 bridgehead atoms. The van der Waals surface area contributed by atoms with Crippen molar-refractivity contribution in [2.24, 2.45) is 0 Å². The van der Waals surface area contributed by atoms with Gasteiger partial charge in [0.15, 0.2) is 0 Å². The number of methoxy groups -OCH3 is 1. The zero-order chi connectivity index (χ0) is 19.2. The topological polar surface area (TPSA) is 77.5 Å². The number of carbonyl (C=O) groups excluding carboxylic acids is 2. The molecule has 1 amide bonds. The summed E-state index contributed by atoms with van der Waals surface area (Å²) in [7, 11) is 1.32. The van der Waals surface area contributed by atoms with Gasteiger partial charge in [-0.05, 0) is 43.3 Å².